The number of carbonyl (C=O) groups is 2. The van der Waals surface area contributed by atoms with Crippen LogP contribution in [-0.4, -0.2) is 72.1 Å². The molecule has 2 N–H and O–H groups in total. The Morgan fingerprint density at radius 3 is 2.05 bits per heavy atom. The van der Waals surface area contributed by atoms with Crippen LogP contribution in [0.2, 0.25) is 0 Å². The second-order valence-corrected chi connectivity index (χ2v) is 5.58. The molecule has 1 heterocycles. The summed E-state index contributed by atoms with van der Waals surface area (Å²) in [4.78, 5) is 27.5. The number of nitrogens with zero attached hydrogens (tertiary/aromatic N) is 2. The number of carboxylic acid groups (broad SMARTS) is 1. The van der Waals surface area contributed by atoms with E-state index in [9.17, 15) is 9.59 Å². The van der Waals surface area contributed by atoms with Gasteiger partial charge in [-0.25, -0.2) is 4.79 Å². The number of nitrogens with one attached hydrogen (secondary N) is 1. The van der Waals surface area contributed by atoms with Crippen molar-refractivity contribution in [1.29, 1.82) is 0 Å². The lowest BCUT2D eigenvalue weighted by molar-refractivity contribution is -0.144. The third-order valence-electron chi connectivity index (χ3n) is 3.70. The molecule has 0 aliphatic carbocycles. The largest absolute Gasteiger partial charge is 0.480 e. The minimum absolute atomic E-state index is 0.124. The minimum atomic E-state index is -0.978. The van der Waals surface area contributed by atoms with Crippen LogP contribution in [0.25, 0.3) is 0 Å². The summed E-state index contributed by atoms with van der Waals surface area (Å²) >= 11 is 0. The highest BCUT2D eigenvalue weighted by atomic mass is 16.4. The summed E-state index contributed by atoms with van der Waals surface area (Å²) in [6.07, 6.45) is 0. The van der Waals surface area contributed by atoms with Gasteiger partial charge in [-0.2, -0.15) is 0 Å². The molecule has 1 rings (SSSR count). The summed E-state index contributed by atoms with van der Waals surface area (Å²) in [7, 11) is 2.06. The maximum Gasteiger partial charge on any atom is 0.326 e. The molecule has 1 aliphatic rings. The molecule has 1 aliphatic heterocycles. The molecule has 6 nitrogen and oxygen atoms in total. The molecule has 2 unspecified atom stereocenters. The minimum Gasteiger partial charge on any atom is -0.480 e. The number of aliphatic carboxylic acids is 1. The summed E-state index contributed by atoms with van der Waals surface area (Å²) in [6.45, 7) is 8.96. The Hall–Kier alpha value is -1.14. The Morgan fingerprint density at radius 2 is 1.63 bits per heavy atom. The van der Waals surface area contributed by atoms with Gasteiger partial charge in [0.25, 0.3) is 0 Å². The van der Waals surface area contributed by atoms with Crippen LogP contribution in [-0.2, 0) is 9.59 Å². The molecule has 110 valence electrons. The van der Waals surface area contributed by atoms with Gasteiger partial charge in [-0.15, -0.1) is 0 Å². The van der Waals surface area contributed by atoms with Gasteiger partial charge in [0.15, 0.2) is 0 Å². The highest BCUT2D eigenvalue weighted by Crippen LogP contribution is 2.07. The highest BCUT2D eigenvalue weighted by Gasteiger charge is 2.29. The van der Waals surface area contributed by atoms with Gasteiger partial charge in [0.1, 0.15) is 6.04 Å². The highest BCUT2D eigenvalue weighted by molar-refractivity contribution is 5.86. The van der Waals surface area contributed by atoms with Crippen molar-refractivity contribution in [2.24, 2.45) is 5.92 Å². The van der Waals surface area contributed by atoms with Crippen molar-refractivity contribution in [2.45, 2.75) is 32.9 Å². The Morgan fingerprint density at radius 1 is 1.11 bits per heavy atom. The molecule has 0 spiro atoms. The topological polar surface area (TPSA) is 72.9 Å². The van der Waals surface area contributed by atoms with Crippen molar-refractivity contribution in [3.63, 3.8) is 0 Å². The summed E-state index contributed by atoms with van der Waals surface area (Å²) in [5, 5.41) is 11.7. The van der Waals surface area contributed by atoms with E-state index < -0.39 is 12.0 Å². The van der Waals surface area contributed by atoms with E-state index in [0.717, 1.165) is 26.2 Å². The van der Waals surface area contributed by atoms with Crippen LogP contribution in [0.4, 0.5) is 0 Å². The van der Waals surface area contributed by atoms with Gasteiger partial charge < -0.3 is 15.3 Å². The van der Waals surface area contributed by atoms with E-state index in [-0.39, 0.29) is 17.9 Å². The molecule has 19 heavy (non-hydrogen) atoms. The monoisotopic (exact) mass is 271 g/mol. The molecule has 0 aromatic carbocycles. The first-order valence-corrected chi connectivity index (χ1v) is 6.78. The Kier molecular flexibility index (Phi) is 5.75. The Balaban J connectivity index is 2.54. The van der Waals surface area contributed by atoms with Crippen molar-refractivity contribution >= 4 is 11.9 Å². The molecule has 0 aromatic heterocycles. The lowest BCUT2D eigenvalue weighted by Crippen LogP contribution is -2.56. The number of carboxylic acids is 1. The molecule has 1 fully saturated rings. The van der Waals surface area contributed by atoms with E-state index in [4.69, 9.17) is 5.11 Å². The van der Waals surface area contributed by atoms with Gasteiger partial charge in [0, 0.05) is 26.2 Å². The van der Waals surface area contributed by atoms with Gasteiger partial charge in [-0.05, 0) is 19.9 Å². The first kappa shape index (κ1) is 15.9. The lowest BCUT2D eigenvalue weighted by Gasteiger charge is -2.36. The predicted octanol–water partition coefficient (Wildman–Crippen LogP) is -0.152. The second kappa shape index (κ2) is 6.86. The molecule has 0 bridgehead atoms. The van der Waals surface area contributed by atoms with Crippen LogP contribution in [0, 0.1) is 5.92 Å². The average Bonchev–Trinajstić information content (AvgIpc) is 2.34. The molecular formula is C13H25N3O3. The summed E-state index contributed by atoms with van der Waals surface area (Å²) in [5.74, 6) is -1.30. The van der Waals surface area contributed by atoms with Crippen LogP contribution < -0.4 is 5.32 Å². The molecule has 2 atom stereocenters. The Labute approximate surface area is 114 Å². The summed E-state index contributed by atoms with van der Waals surface area (Å²) < 4.78 is 0. The number of rotatable bonds is 5. The number of likely N-dealkylation sites (N-methyl/N-ethyl adjacent to an activating group) is 1. The normalized spacial score (nSPS) is 21.1. The van der Waals surface area contributed by atoms with Gasteiger partial charge in [0.05, 0.1) is 6.04 Å². The number of carbonyl (C=O) groups excluding carboxylic acids is 1. The van der Waals surface area contributed by atoms with Gasteiger partial charge in [-0.3, -0.25) is 9.69 Å². The van der Waals surface area contributed by atoms with Crippen molar-refractivity contribution in [3.05, 3.63) is 0 Å². The van der Waals surface area contributed by atoms with Crippen LogP contribution in [0.1, 0.15) is 20.8 Å². The first-order chi connectivity index (χ1) is 8.82. The number of hydrogen-bond donors (Lipinski definition) is 2. The fourth-order valence-corrected chi connectivity index (χ4v) is 2.16. The van der Waals surface area contributed by atoms with Crippen LogP contribution in [0.3, 0.4) is 0 Å². The van der Waals surface area contributed by atoms with Crippen LogP contribution in [0.15, 0.2) is 0 Å². The molecular weight excluding hydrogens is 246 g/mol. The van der Waals surface area contributed by atoms with E-state index in [2.05, 4.69) is 22.2 Å². The van der Waals surface area contributed by atoms with Crippen molar-refractivity contribution in [3.8, 4) is 0 Å². The lowest BCUT2D eigenvalue weighted by atomic mass is 10.0. The zero-order valence-corrected chi connectivity index (χ0v) is 12.2. The predicted molar refractivity (Wildman–Crippen MR) is 72.9 cm³/mol. The molecule has 6 heteroatoms. The zero-order valence-electron chi connectivity index (χ0n) is 12.2. The van der Waals surface area contributed by atoms with E-state index in [1.807, 2.05) is 6.92 Å². The van der Waals surface area contributed by atoms with Crippen molar-refractivity contribution in [1.82, 2.24) is 15.1 Å². The van der Waals surface area contributed by atoms with Gasteiger partial charge >= 0.3 is 5.97 Å². The van der Waals surface area contributed by atoms with Gasteiger partial charge in [0.2, 0.25) is 5.91 Å². The second-order valence-electron chi connectivity index (χ2n) is 5.58. The van der Waals surface area contributed by atoms with Gasteiger partial charge in [-0.1, -0.05) is 13.8 Å². The number of hydrogen-bond acceptors (Lipinski definition) is 4. The average molecular weight is 271 g/mol. The van der Waals surface area contributed by atoms with E-state index in [0.29, 0.717) is 0 Å². The molecule has 0 aromatic rings. The standard InChI is InChI=1S/C13H25N3O3/c1-9(2)11(13(18)19)14-12(17)10(3)16-7-5-15(4)6-8-16/h9-11H,5-8H2,1-4H3,(H,14,17)(H,18,19). The van der Waals surface area contributed by atoms with Crippen LogP contribution >= 0.6 is 0 Å². The maximum atomic E-state index is 12.1. The van der Waals surface area contributed by atoms with E-state index in [1.165, 1.54) is 0 Å². The molecule has 0 radical (unpaired) electrons. The SMILES string of the molecule is CC(C)C(NC(=O)C(C)N1CCN(C)CC1)C(=O)O. The molecule has 0 saturated carbocycles. The molecule has 1 amide bonds. The molecule has 1 saturated heterocycles. The third-order valence-corrected chi connectivity index (χ3v) is 3.70. The van der Waals surface area contributed by atoms with Crippen molar-refractivity contribution < 1.29 is 14.7 Å². The zero-order chi connectivity index (χ0) is 14.6. The summed E-state index contributed by atoms with van der Waals surface area (Å²) in [5.41, 5.74) is 0. The quantitative estimate of drug-likeness (QED) is 0.727. The smallest absolute Gasteiger partial charge is 0.326 e. The maximum absolute atomic E-state index is 12.1. The van der Waals surface area contributed by atoms with Crippen LogP contribution in [0.5, 0.6) is 0 Å². The number of piperazine rings is 1. The fourth-order valence-electron chi connectivity index (χ4n) is 2.16. The van der Waals surface area contributed by atoms with E-state index in [1.54, 1.807) is 13.8 Å². The Bertz CT molecular complexity index is 325. The fraction of sp³-hybridized carbons (Fsp3) is 0.846. The summed E-state index contributed by atoms with van der Waals surface area (Å²) in [6, 6.07) is -1.10. The number of amides is 1. The van der Waals surface area contributed by atoms with E-state index >= 15 is 0 Å². The van der Waals surface area contributed by atoms with Crippen molar-refractivity contribution in [2.75, 3.05) is 33.2 Å². The first-order valence-electron chi connectivity index (χ1n) is 6.78. The third kappa shape index (κ3) is 4.47.